The lowest BCUT2D eigenvalue weighted by Gasteiger charge is -1.83. The Morgan fingerprint density at radius 1 is 1.36 bits per heavy atom. The first-order valence-corrected chi connectivity index (χ1v) is 5.47. The van der Waals surface area contributed by atoms with E-state index in [0.29, 0.717) is 5.69 Å². The zero-order valence-corrected chi connectivity index (χ0v) is 8.35. The van der Waals surface area contributed by atoms with Crippen LogP contribution in [0.2, 0.25) is 0 Å². The summed E-state index contributed by atoms with van der Waals surface area (Å²) in [6.07, 6.45) is 0. The summed E-state index contributed by atoms with van der Waals surface area (Å²) in [6.45, 7) is 0. The first kappa shape index (κ1) is 12.7. The van der Waals surface area contributed by atoms with Crippen molar-refractivity contribution in [3.63, 3.8) is 0 Å². The van der Waals surface area contributed by atoms with Gasteiger partial charge >= 0.3 is 9.33 Å². The van der Waals surface area contributed by atoms with E-state index in [1.54, 1.807) is 12.1 Å². The summed E-state index contributed by atoms with van der Waals surface area (Å²) < 4.78 is 25.2. The van der Waals surface area contributed by atoms with E-state index in [1.165, 1.54) is 0 Å². The predicted octanol–water partition coefficient (Wildman–Crippen LogP) is 2.66. The van der Waals surface area contributed by atoms with Crippen molar-refractivity contribution in [1.82, 2.24) is 0 Å². The molecule has 0 aliphatic carbocycles. The average Bonchev–Trinajstić information content (AvgIpc) is 2.03. The van der Waals surface area contributed by atoms with Crippen LogP contribution in [-0.4, -0.2) is 13.0 Å². The maximum absolute atomic E-state index is 8.95. The second-order valence-corrected chi connectivity index (χ2v) is 3.93. The molecule has 0 bridgehead atoms. The lowest BCUT2D eigenvalue weighted by Crippen LogP contribution is -1.77. The number of hydrogen-bond acceptors (Lipinski definition) is 3. The Hall–Kier alpha value is -1.27. The number of hydrogen-bond donors (Lipinski definition) is 1. The fourth-order valence-electron chi connectivity index (χ4n) is 0.546. The Morgan fingerprint density at radius 3 is 2.14 bits per heavy atom. The third kappa shape index (κ3) is 10.7. The normalized spacial score (nSPS) is 9.29. The molecule has 1 aromatic rings. The van der Waals surface area contributed by atoms with E-state index in [-0.39, 0.29) is 0 Å². The van der Waals surface area contributed by atoms with E-state index >= 15 is 0 Å². The molecular formula is C6H6ClN3O3S. The number of rotatable bonds is 1. The van der Waals surface area contributed by atoms with Crippen LogP contribution >= 0.6 is 10.7 Å². The highest BCUT2D eigenvalue weighted by atomic mass is 35.7. The second-order valence-electron chi connectivity index (χ2n) is 1.94. The van der Waals surface area contributed by atoms with E-state index in [4.69, 9.17) is 18.5 Å². The van der Waals surface area contributed by atoms with E-state index in [9.17, 15) is 0 Å². The molecule has 76 valence electrons. The molecule has 0 saturated heterocycles. The van der Waals surface area contributed by atoms with Crippen LogP contribution in [-0.2, 0) is 9.33 Å². The van der Waals surface area contributed by atoms with Crippen molar-refractivity contribution in [3.05, 3.63) is 40.8 Å². The van der Waals surface area contributed by atoms with Crippen LogP contribution < -0.4 is 0 Å². The molecule has 0 unspecified atom stereocenters. The van der Waals surface area contributed by atoms with Gasteiger partial charge in [-0.05, 0) is 5.53 Å². The molecule has 1 aromatic carbocycles. The maximum atomic E-state index is 8.95. The Balaban J connectivity index is 0.000000292. The molecule has 0 aromatic heterocycles. The van der Waals surface area contributed by atoms with Gasteiger partial charge in [0, 0.05) is 21.3 Å². The molecule has 8 heteroatoms. The second kappa shape index (κ2) is 6.22. The van der Waals surface area contributed by atoms with E-state index < -0.39 is 9.33 Å². The van der Waals surface area contributed by atoms with Gasteiger partial charge in [-0.3, -0.25) is 4.55 Å². The minimum atomic E-state index is -4.19. The van der Waals surface area contributed by atoms with Gasteiger partial charge in [-0.1, -0.05) is 35.4 Å². The summed E-state index contributed by atoms with van der Waals surface area (Å²) in [7, 11) is -0.137. The fraction of sp³-hybridized carbons (Fsp3) is 0. The van der Waals surface area contributed by atoms with Gasteiger partial charge in [0.05, 0.1) is 0 Å². The van der Waals surface area contributed by atoms with Crippen LogP contribution in [0.15, 0.2) is 35.4 Å². The highest BCUT2D eigenvalue weighted by Crippen LogP contribution is 2.08. The van der Waals surface area contributed by atoms with Gasteiger partial charge in [-0.2, -0.15) is 8.42 Å². The Labute approximate surface area is 85.0 Å². The minimum Gasteiger partial charge on any atom is -0.273 e. The van der Waals surface area contributed by atoms with Gasteiger partial charge in [0.2, 0.25) is 0 Å². The Kier molecular flexibility index (Phi) is 5.66. The summed E-state index contributed by atoms with van der Waals surface area (Å²) in [5.41, 5.74) is 8.63. The summed E-state index contributed by atoms with van der Waals surface area (Å²) in [6, 6.07) is 9.02. The standard InChI is InChI=1S/C6H5N3.ClHO3S/c7-9-8-6-4-2-1-3-5-6;1-5(2,3)4/h1-5H;(H,2,3,4). The van der Waals surface area contributed by atoms with Gasteiger partial charge in [-0.25, -0.2) is 0 Å². The quantitative estimate of drug-likeness (QED) is 0.266. The third-order valence-corrected chi connectivity index (χ3v) is 0.916. The molecule has 1 N–H and O–H groups in total. The zero-order chi connectivity index (χ0) is 11.0. The van der Waals surface area contributed by atoms with Crippen molar-refractivity contribution in [2.45, 2.75) is 0 Å². The van der Waals surface area contributed by atoms with Gasteiger partial charge in [-0.15, -0.1) is 0 Å². The Bertz CT molecular complexity index is 405. The van der Waals surface area contributed by atoms with Crippen LogP contribution in [0.4, 0.5) is 5.69 Å². The number of halogens is 1. The number of benzene rings is 1. The molecule has 0 spiro atoms. The highest BCUT2D eigenvalue weighted by molar-refractivity contribution is 8.09. The lowest BCUT2D eigenvalue weighted by atomic mass is 10.3. The first-order valence-electron chi connectivity index (χ1n) is 3.20. The van der Waals surface area contributed by atoms with Crippen molar-refractivity contribution in [3.8, 4) is 0 Å². The van der Waals surface area contributed by atoms with Crippen molar-refractivity contribution in [2.24, 2.45) is 5.11 Å². The van der Waals surface area contributed by atoms with Crippen LogP contribution in [0, 0.1) is 0 Å². The minimum absolute atomic E-state index is 0.653. The van der Waals surface area contributed by atoms with E-state index in [2.05, 4.69) is 20.7 Å². The largest absolute Gasteiger partial charge is 0.353 e. The smallest absolute Gasteiger partial charge is 0.273 e. The molecule has 0 saturated carbocycles. The molecule has 0 aliphatic rings. The molecule has 0 aliphatic heterocycles. The molecule has 14 heavy (non-hydrogen) atoms. The molecule has 0 fully saturated rings. The summed E-state index contributed by atoms with van der Waals surface area (Å²) in [5.74, 6) is 0. The van der Waals surface area contributed by atoms with Crippen molar-refractivity contribution in [1.29, 1.82) is 0 Å². The van der Waals surface area contributed by atoms with Crippen molar-refractivity contribution < 1.29 is 13.0 Å². The molecule has 6 nitrogen and oxygen atoms in total. The van der Waals surface area contributed by atoms with Crippen molar-refractivity contribution in [2.75, 3.05) is 0 Å². The van der Waals surface area contributed by atoms with E-state index in [1.807, 2.05) is 18.2 Å². The van der Waals surface area contributed by atoms with Crippen LogP contribution in [0.5, 0.6) is 0 Å². The van der Waals surface area contributed by atoms with Crippen LogP contribution in [0.1, 0.15) is 0 Å². The average molecular weight is 236 g/mol. The highest BCUT2D eigenvalue weighted by Gasteiger charge is 1.86. The summed E-state index contributed by atoms with van der Waals surface area (Å²) in [5, 5.41) is 3.39. The molecule has 0 radical (unpaired) electrons. The van der Waals surface area contributed by atoms with Crippen LogP contribution in [0.3, 0.4) is 0 Å². The fourth-order valence-corrected chi connectivity index (χ4v) is 0.546. The predicted molar refractivity (Wildman–Crippen MR) is 52.6 cm³/mol. The Morgan fingerprint density at radius 2 is 1.79 bits per heavy atom. The number of azide groups is 1. The molecule has 1 rings (SSSR count). The summed E-state index contributed by atoms with van der Waals surface area (Å²) in [4.78, 5) is 2.63. The summed E-state index contributed by atoms with van der Waals surface area (Å²) >= 11 is 0. The van der Waals surface area contributed by atoms with Gasteiger partial charge < -0.3 is 0 Å². The topological polar surface area (TPSA) is 103 Å². The van der Waals surface area contributed by atoms with Crippen LogP contribution in [0.25, 0.3) is 10.4 Å². The SMILES string of the molecule is O=S(=O)(O)Cl.[N-]=[N+]=Nc1ccccc1. The van der Waals surface area contributed by atoms with E-state index in [0.717, 1.165) is 0 Å². The van der Waals surface area contributed by atoms with Gasteiger partial charge in [0.25, 0.3) is 0 Å². The maximum Gasteiger partial charge on any atom is 0.353 e. The zero-order valence-electron chi connectivity index (χ0n) is 6.78. The molecular weight excluding hydrogens is 230 g/mol. The van der Waals surface area contributed by atoms with Gasteiger partial charge in [0.15, 0.2) is 0 Å². The monoisotopic (exact) mass is 235 g/mol. The van der Waals surface area contributed by atoms with Gasteiger partial charge in [0.1, 0.15) is 0 Å². The molecule has 0 amide bonds. The third-order valence-electron chi connectivity index (χ3n) is 0.916. The molecule has 0 atom stereocenters. The number of nitrogens with zero attached hydrogens (tertiary/aromatic N) is 3. The molecule has 0 heterocycles. The first-order chi connectivity index (χ1) is 6.43. The van der Waals surface area contributed by atoms with Crippen molar-refractivity contribution >= 4 is 25.7 Å². The lowest BCUT2D eigenvalue weighted by molar-refractivity contribution is 0.501.